The van der Waals surface area contributed by atoms with E-state index in [2.05, 4.69) is 24.3 Å². The van der Waals surface area contributed by atoms with Gasteiger partial charge < -0.3 is 4.74 Å². The predicted molar refractivity (Wildman–Crippen MR) is 132 cm³/mol. The van der Waals surface area contributed by atoms with E-state index in [-0.39, 0.29) is 36.6 Å². The van der Waals surface area contributed by atoms with Crippen LogP contribution in [0.5, 0.6) is 0 Å². The molecule has 0 spiro atoms. The highest BCUT2D eigenvalue weighted by Gasteiger charge is 2.41. The zero-order chi connectivity index (χ0) is 25.7. The lowest BCUT2D eigenvalue weighted by atomic mass is 9.82. The number of hydrogen-bond acceptors (Lipinski definition) is 2. The normalized spacial score (nSPS) is 20.8. The molecule has 3 aromatic carbocycles. The third-order valence-corrected chi connectivity index (χ3v) is 7.82. The summed E-state index contributed by atoms with van der Waals surface area (Å²) in [4.78, 5) is 15.0. The predicted octanol–water partition coefficient (Wildman–Crippen LogP) is 7.80. The van der Waals surface area contributed by atoms with Crippen molar-refractivity contribution in [3.05, 3.63) is 101 Å². The summed E-state index contributed by atoms with van der Waals surface area (Å²) >= 11 is 0. The summed E-state index contributed by atoms with van der Waals surface area (Å²) in [7, 11) is 0. The van der Waals surface area contributed by atoms with Crippen molar-refractivity contribution in [2.75, 3.05) is 6.61 Å². The minimum absolute atomic E-state index is 0.0158. The topological polar surface area (TPSA) is 29.5 Å². The summed E-state index contributed by atoms with van der Waals surface area (Å²) in [5, 5.41) is 0. The Morgan fingerprint density at radius 3 is 2.24 bits per heavy atom. The second-order valence-corrected chi connectivity index (χ2v) is 9.95. The molecule has 2 heterocycles. The maximum absolute atomic E-state index is 13.7. The Hall–Kier alpha value is -3.61. The van der Waals surface area contributed by atoms with Gasteiger partial charge in [-0.05, 0) is 71.2 Å². The van der Waals surface area contributed by atoms with Crippen LogP contribution in [0.25, 0.3) is 16.7 Å². The van der Waals surface area contributed by atoms with Crippen LogP contribution < -0.4 is 0 Å². The minimum atomic E-state index is -4.67. The molecule has 3 aromatic rings. The Balaban J connectivity index is 1.24. The summed E-state index contributed by atoms with van der Waals surface area (Å²) in [6.45, 7) is 0.190. The molecule has 3 aliphatic rings. The fourth-order valence-electron chi connectivity index (χ4n) is 6.21. The van der Waals surface area contributed by atoms with Crippen molar-refractivity contribution in [1.29, 1.82) is 0 Å². The fraction of sp³-hybridized carbons (Fsp3) is 0.300. The molecular weight excluding hydrogens is 482 g/mol. The van der Waals surface area contributed by atoms with Crippen molar-refractivity contribution >= 4 is 11.7 Å². The number of nitrogens with zero attached hydrogens (tertiary/aromatic N) is 1. The Labute approximate surface area is 212 Å². The van der Waals surface area contributed by atoms with Crippen LogP contribution in [0.4, 0.5) is 22.4 Å². The van der Waals surface area contributed by atoms with Gasteiger partial charge in [0.2, 0.25) is 0 Å². The molecule has 2 unspecified atom stereocenters. The molecule has 3 nitrogen and oxygen atoms in total. The second kappa shape index (κ2) is 9.05. The number of benzene rings is 3. The van der Waals surface area contributed by atoms with Crippen molar-refractivity contribution < 1.29 is 27.1 Å². The van der Waals surface area contributed by atoms with Gasteiger partial charge in [-0.15, -0.1) is 0 Å². The number of fused-ring (bicyclic) bond motifs is 5. The average molecular weight is 508 g/mol. The molecule has 37 heavy (non-hydrogen) atoms. The van der Waals surface area contributed by atoms with Gasteiger partial charge in [-0.25, -0.2) is 9.18 Å². The molecule has 6 rings (SSSR count). The molecule has 7 heteroatoms. The largest absolute Gasteiger partial charge is 0.448 e. The average Bonchev–Trinajstić information content (AvgIpc) is 3.19. The number of hydrogen-bond donors (Lipinski definition) is 0. The minimum Gasteiger partial charge on any atom is -0.448 e. The lowest BCUT2D eigenvalue weighted by Crippen LogP contribution is -2.52. The molecule has 2 aliphatic heterocycles. The quantitative estimate of drug-likeness (QED) is 0.339. The van der Waals surface area contributed by atoms with Crippen molar-refractivity contribution in [2.45, 2.75) is 49.9 Å². The molecular formula is C30H25F4NO2. The summed E-state index contributed by atoms with van der Waals surface area (Å²) in [5.74, 6) is -0.992. The Kier molecular flexibility index (Phi) is 5.81. The van der Waals surface area contributed by atoms with Crippen molar-refractivity contribution in [3.63, 3.8) is 0 Å². The van der Waals surface area contributed by atoms with Gasteiger partial charge in [-0.2, -0.15) is 13.2 Å². The van der Waals surface area contributed by atoms with Crippen LogP contribution in [0.3, 0.4) is 0 Å². The van der Waals surface area contributed by atoms with Crippen molar-refractivity contribution in [2.24, 2.45) is 0 Å². The fourth-order valence-corrected chi connectivity index (χ4v) is 6.21. The van der Waals surface area contributed by atoms with Gasteiger partial charge in [0.25, 0.3) is 0 Å². The first-order chi connectivity index (χ1) is 17.8. The second-order valence-electron chi connectivity index (χ2n) is 9.95. The van der Waals surface area contributed by atoms with Crippen LogP contribution in [0, 0.1) is 5.82 Å². The maximum Gasteiger partial charge on any atom is 0.417 e. The van der Waals surface area contributed by atoms with E-state index in [0.29, 0.717) is 24.5 Å². The Morgan fingerprint density at radius 1 is 0.919 bits per heavy atom. The molecule has 1 amide bonds. The SMILES string of the molecule is O=C(OCC1c2ccccc2-c2ccccc21)N1C2C=C(c3ccc(F)cc3C(F)(F)F)CC1CCC2. The highest BCUT2D eigenvalue weighted by atomic mass is 19.4. The van der Waals surface area contributed by atoms with E-state index in [9.17, 15) is 22.4 Å². The standard InChI is InChI=1S/C30H25F4NO2/c31-19-12-13-22(28(16-19)30(32,33)34)18-14-20-6-5-7-21(15-18)35(20)29(36)37-17-27-25-10-3-1-8-23(25)24-9-2-4-11-26(24)27/h1-4,8-14,16,20-21,27H,5-7,15,17H2. The Bertz CT molecular complexity index is 1350. The van der Waals surface area contributed by atoms with Crippen molar-refractivity contribution in [1.82, 2.24) is 4.90 Å². The van der Waals surface area contributed by atoms with Gasteiger partial charge >= 0.3 is 12.3 Å². The van der Waals surface area contributed by atoms with E-state index in [1.165, 1.54) is 6.07 Å². The molecule has 0 saturated carbocycles. The van der Waals surface area contributed by atoms with E-state index in [4.69, 9.17) is 4.74 Å². The van der Waals surface area contributed by atoms with Gasteiger partial charge in [0.15, 0.2) is 0 Å². The number of alkyl halides is 3. The van der Waals surface area contributed by atoms with E-state index in [1.807, 2.05) is 24.3 Å². The van der Waals surface area contributed by atoms with E-state index in [0.717, 1.165) is 34.7 Å². The maximum atomic E-state index is 13.7. The lowest BCUT2D eigenvalue weighted by Gasteiger charge is -2.44. The third kappa shape index (κ3) is 4.20. The van der Waals surface area contributed by atoms with E-state index >= 15 is 0 Å². The van der Waals surface area contributed by atoms with Crippen LogP contribution in [-0.4, -0.2) is 29.7 Å². The van der Waals surface area contributed by atoms with Crippen LogP contribution in [0.1, 0.15) is 53.9 Å². The van der Waals surface area contributed by atoms with E-state index in [1.54, 1.807) is 11.0 Å². The summed E-state index contributed by atoms with van der Waals surface area (Å²) < 4.78 is 60.5. The molecule has 190 valence electrons. The van der Waals surface area contributed by atoms with Gasteiger partial charge in [-0.1, -0.05) is 60.7 Å². The number of halogens is 4. The smallest absolute Gasteiger partial charge is 0.417 e. The molecule has 2 bridgehead atoms. The summed E-state index contributed by atoms with van der Waals surface area (Å²) in [5.41, 5.74) is 4.03. The Morgan fingerprint density at radius 2 is 1.59 bits per heavy atom. The first-order valence-corrected chi connectivity index (χ1v) is 12.5. The summed E-state index contributed by atoms with van der Waals surface area (Å²) in [6, 6.07) is 18.4. The highest BCUT2D eigenvalue weighted by molar-refractivity contribution is 5.79. The van der Waals surface area contributed by atoms with Gasteiger partial charge in [0.1, 0.15) is 12.4 Å². The zero-order valence-electron chi connectivity index (χ0n) is 20.0. The lowest BCUT2D eigenvalue weighted by molar-refractivity contribution is -0.138. The van der Waals surface area contributed by atoms with Gasteiger partial charge in [0, 0.05) is 12.0 Å². The molecule has 2 atom stereocenters. The monoisotopic (exact) mass is 507 g/mol. The first kappa shape index (κ1) is 23.8. The first-order valence-electron chi connectivity index (χ1n) is 12.5. The number of carbonyl (C=O) groups is 1. The number of amides is 1. The molecule has 0 radical (unpaired) electrons. The molecule has 1 aliphatic carbocycles. The molecule has 1 fully saturated rings. The third-order valence-electron chi connectivity index (χ3n) is 7.82. The molecule has 0 aromatic heterocycles. The van der Waals surface area contributed by atoms with Crippen LogP contribution in [-0.2, 0) is 10.9 Å². The number of carbonyl (C=O) groups excluding carboxylic acids is 1. The van der Waals surface area contributed by atoms with Gasteiger partial charge in [-0.3, -0.25) is 4.90 Å². The molecule has 1 saturated heterocycles. The number of ether oxygens (including phenoxy) is 1. The van der Waals surface area contributed by atoms with Crippen molar-refractivity contribution in [3.8, 4) is 11.1 Å². The highest BCUT2D eigenvalue weighted by Crippen LogP contribution is 2.45. The number of piperidine rings is 1. The molecule has 0 N–H and O–H groups in total. The van der Waals surface area contributed by atoms with E-state index < -0.39 is 23.7 Å². The van der Waals surface area contributed by atoms with Crippen LogP contribution >= 0.6 is 0 Å². The number of rotatable bonds is 3. The van der Waals surface area contributed by atoms with Gasteiger partial charge in [0.05, 0.1) is 11.6 Å². The van der Waals surface area contributed by atoms with Crippen LogP contribution in [0.2, 0.25) is 0 Å². The zero-order valence-corrected chi connectivity index (χ0v) is 20.0. The summed E-state index contributed by atoms with van der Waals surface area (Å²) in [6.07, 6.45) is -0.899. The van der Waals surface area contributed by atoms with Crippen LogP contribution in [0.15, 0.2) is 72.8 Å².